The van der Waals surface area contributed by atoms with Crippen molar-refractivity contribution >= 4 is 23.4 Å². The van der Waals surface area contributed by atoms with Crippen LogP contribution in [-0.4, -0.2) is 0 Å². The standard InChI is InChI=1S/C14H16S/c1-10-4-5-12-9-13(14(2,3)15)7-6-11(12)8-10/h4-9,15H,1-3H3. The van der Waals surface area contributed by atoms with Crippen molar-refractivity contribution in [3.8, 4) is 0 Å². The highest BCUT2D eigenvalue weighted by Crippen LogP contribution is 2.29. The van der Waals surface area contributed by atoms with Crippen molar-refractivity contribution in [2.75, 3.05) is 0 Å². The molecule has 78 valence electrons. The van der Waals surface area contributed by atoms with Crippen molar-refractivity contribution in [2.24, 2.45) is 0 Å². The Kier molecular flexibility index (Phi) is 2.51. The first-order chi connectivity index (χ1) is 6.97. The second-order valence-electron chi connectivity index (χ2n) is 4.62. The fourth-order valence-electron chi connectivity index (χ4n) is 1.75. The van der Waals surface area contributed by atoms with Crippen LogP contribution >= 0.6 is 12.6 Å². The first-order valence-electron chi connectivity index (χ1n) is 5.20. The summed E-state index contributed by atoms with van der Waals surface area (Å²) in [6, 6.07) is 13.1. The Morgan fingerprint density at radius 1 is 0.933 bits per heavy atom. The Balaban J connectivity index is 2.62. The maximum Gasteiger partial charge on any atom is 0.0322 e. The summed E-state index contributed by atoms with van der Waals surface area (Å²) in [5.41, 5.74) is 2.57. The third kappa shape index (κ3) is 2.18. The molecule has 2 aromatic carbocycles. The lowest BCUT2D eigenvalue weighted by atomic mass is 9.98. The first kappa shape index (κ1) is 10.6. The molecular weight excluding hydrogens is 200 g/mol. The Labute approximate surface area is 96.7 Å². The van der Waals surface area contributed by atoms with Crippen LogP contribution < -0.4 is 0 Å². The van der Waals surface area contributed by atoms with Crippen molar-refractivity contribution in [1.82, 2.24) is 0 Å². The van der Waals surface area contributed by atoms with Gasteiger partial charge in [0.15, 0.2) is 0 Å². The number of fused-ring (bicyclic) bond motifs is 1. The summed E-state index contributed by atoms with van der Waals surface area (Å²) in [6.45, 7) is 6.35. The predicted octanol–water partition coefficient (Wildman–Crippen LogP) is 4.31. The zero-order chi connectivity index (χ0) is 11.1. The van der Waals surface area contributed by atoms with Gasteiger partial charge in [-0.3, -0.25) is 0 Å². The van der Waals surface area contributed by atoms with E-state index in [1.165, 1.54) is 21.9 Å². The molecule has 15 heavy (non-hydrogen) atoms. The molecule has 0 aromatic heterocycles. The van der Waals surface area contributed by atoms with Crippen LogP contribution in [0.4, 0.5) is 0 Å². The lowest BCUT2D eigenvalue weighted by molar-refractivity contribution is 0.793. The molecule has 0 aliphatic carbocycles. The summed E-state index contributed by atoms with van der Waals surface area (Å²) in [5.74, 6) is 0. The highest BCUT2D eigenvalue weighted by Gasteiger charge is 2.14. The number of rotatable bonds is 1. The molecule has 0 saturated heterocycles. The molecule has 0 fully saturated rings. The van der Waals surface area contributed by atoms with Crippen molar-refractivity contribution in [1.29, 1.82) is 0 Å². The van der Waals surface area contributed by atoms with E-state index < -0.39 is 0 Å². The fraction of sp³-hybridized carbons (Fsp3) is 0.286. The molecule has 0 spiro atoms. The Hall–Kier alpha value is -0.950. The SMILES string of the molecule is Cc1ccc2cc(C(C)(C)S)ccc2c1. The molecule has 0 bridgehead atoms. The molecule has 0 radical (unpaired) electrons. The van der Waals surface area contributed by atoms with Gasteiger partial charge in [-0.05, 0) is 43.2 Å². The number of aryl methyl sites for hydroxylation is 1. The molecule has 1 heteroatoms. The molecule has 0 amide bonds. The Morgan fingerprint density at radius 3 is 2.20 bits per heavy atom. The quantitative estimate of drug-likeness (QED) is 0.675. The molecule has 0 aliphatic heterocycles. The van der Waals surface area contributed by atoms with Gasteiger partial charge in [-0.2, -0.15) is 12.6 Å². The third-order valence-corrected chi connectivity index (χ3v) is 2.96. The Morgan fingerprint density at radius 2 is 1.53 bits per heavy atom. The van der Waals surface area contributed by atoms with Gasteiger partial charge >= 0.3 is 0 Å². The maximum atomic E-state index is 4.59. The van der Waals surface area contributed by atoms with Gasteiger partial charge < -0.3 is 0 Å². The van der Waals surface area contributed by atoms with E-state index in [0.717, 1.165) is 0 Å². The van der Waals surface area contributed by atoms with Crippen LogP contribution in [-0.2, 0) is 4.75 Å². The van der Waals surface area contributed by atoms with E-state index in [1.54, 1.807) is 0 Å². The van der Waals surface area contributed by atoms with Crippen LogP contribution in [0.5, 0.6) is 0 Å². The second kappa shape index (κ2) is 3.57. The molecule has 0 unspecified atom stereocenters. The van der Waals surface area contributed by atoms with Gasteiger partial charge in [0.25, 0.3) is 0 Å². The predicted molar refractivity (Wildman–Crippen MR) is 70.7 cm³/mol. The average molecular weight is 216 g/mol. The molecule has 0 aliphatic rings. The largest absolute Gasteiger partial charge is 0.168 e. The van der Waals surface area contributed by atoms with Gasteiger partial charge in [-0.25, -0.2) is 0 Å². The van der Waals surface area contributed by atoms with E-state index in [2.05, 4.69) is 69.8 Å². The molecular formula is C14H16S. The number of benzene rings is 2. The number of thiol groups is 1. The smallest absolute Gasteiger partial charge is 0.0322 e. The monoisotopic (exact) mass is 216 g/mol. The maximum absolute atomic E-state index is 4.59. The zero-order valence-corrected chi connectivity index (χ0v) is 10.3. The van der Waals surface area contributed by atoms with Gasteiger partial charge in [0.05, 0.1) is 0 Å². The lowest BCUT2D eigenvalue weighted by Gasteiger charge is -2.18. The molecule has 2 rings (SSSR count). The van der Waals surface area contributed by atoms with Gasteiger partial charge in [0.1, 0.15) is 0 Å². The van der Waals surface area contributed by atoms with Crippen LogP contribution in [0.3, 0.4) is 0 Å². The van der Waals surface area contributed by atoms with Crippen LogP contribution in [0.2, 0.25) is 0 Å². The molecule has 2 aromatic rings. The van der Waals surface area contributed by atoms with E-state index in [9.17, 15) is 0 Å². The van der Waals surface area contributed by atoms with E-state index in [-0.39, 0.29) is 4.75 Å². The van der Waals surface area contributed by atoms with E-state index in [0.29, 0.717) is 0 Å². The van der Waals surface area contributed by atoms with Crippen LogP contribution in [0.15, 0.2) is 36.4 Å². The highest BCUT2D eigenvalue weighted by molar-refractivity contribution is 7.81. The Bertz CT molecular complexity index is 492. The van der Waals surface area contributed by atoms with Crippen LogP contribution in [0, 0.1) is 6.92 Å². The van der Waals surface area contributed by atoms with Gasteiger partial charge in [-0.1, -0.05) is 35.9 Å². The summed E-state index contributed by atoms with van der Waals surface area (Å²) in [6.07, 6.45) is 0. The zero-order valence-electron chi connectivity index (χ0n) is 9.41. The van der Waals surface area contributed by atoms with E-state index >= 15 is 0 Å². The summed E-state index contributed by atoms with van der Waals surface area (Å²) in [4.78, 5) is 0. The highest BCUT2D eigenvalue weighted by atomic mass is 32.1. The number of hydrogen-bond donors (Lipinski definition) is 1. The topological polar surface area (TPSA) is 0 Å². The molecule has 0 N–H and O–H groups in total. The van der Waals surface area contributed by atoms with E-state index in [1.807, 2.05) is 0 Å². The van der Waals surface area contributed by atoms with Gasteiger partial charge in [0.2, 0.25) is 0 Å². The lowest BCUT2D eigenvalue weighted by Crippen LogP contribution is -2.06. The number of hydrogen-bond acceptors (Lipinski definition) is 1. The minimum Gasteiger partial charge on any atom is -0.168 e. The molecule has 0 heterocycles. The first-order valence-corrected chi connectivity index (χ1v) is 5.65. The molecule has 0 nitrogen and oxygen atoms in total. The van der Waals surface area contributed by atoms with Crippen molar-refractivity contribution in [2.45, 2.75) is 25.5 Å². The minimum atomic E-state index is -0.0704. The van der Waals surface area contributed by atoms with Crippen molar-refractivity contribution in [3.63, 3.8) is 0 Å². The average Bonchev–Trinajstić information content (AvgIpc) is 2.15. The van der Waals surface area contributed by atoms with Crippen molar-refractivity contribution < 1.29 is 0 Å². The summed E-state index contributed by atoms with van der Waals surface area (Å²) in [5, 5.41) is 2.59. The second-order valence-corrected chi connectivity index (χ2v) is 5.74. The van der Waals surface area contributed by atoms with Crippen LogP contribution in [0.1, 0.15) is 25.0 Å². The summed E-state index contributed by atoms with van der Waals surface area (Å²) < 4.78 is -0.0704. The summed E-state index contributed by atoms with van der Waals surface area (Å²) in [7, 11) is 0. The van der Waals surface area contributed by atoms with Gasteiger partial charge in [-0.15, -0.1) is 0 Å². The van der Waals surface area contributed by atoms with E-state index in [4.69, 9.17) is 0 Å². The fourth-order valence-corrected chi connectivity index (χ4v) is 1.88. The van der Waals surface area contributed by atoms with Crippen molar-refractivity contribution in [3.05, 3.63) is 47.5 Å². The summed E-state index contributed by atoms with van der Waals surface area (Å²) >= 11 is 4.59. The van der Waals surface area contributed by atoms with Gasteiger partial charge in [0, 0.05) is 4.75 Å². The molecule has 0 saturated carbocycles. The minimum absolute atomic E-state index is 0.0704. The third-order valence-electron chi connectivity index (χ3n) is 2.70. The molecule has 0 atom stereocenters. The van der Waals surface area contributed by atoms with Crippen LogP contribution in [0.25, 0.3) is 10.8 Å². The normalized spacial score (nSPS) is 12.0.